The van der Waals surface area contributed by atoms with E-state index < -0.39 is 63.8 Å². The Morgan fingerprint density at radius 2 is 1.72 bits per heavy atom. The van der Waals surface area contributed by atoms with Gasteiger partial charge in [-0.2, -0.15) is 13.2 Å². The predicted molar refractivity (Wildman–Crippen MR) is 123 cm³/mol. The largest absolute Gasteiger partial charge is 0.496 e. The van der Waals surface area contributed by atoms with E-state index in [1.54, 1.807) is 20.8 Å². The van der Waals surface area contributed by atoms with E-state index in [0.29, 0.717) is 12.1 Å². The molecule has 0 spiro atoms. The summed E-state index contributed by atoms with van der Waals surface area (Å²) < 4.78 is 67.4. The number of carbonyl (C=O) groups is 3. The Morgan fingerprint density at radius 1 is 1.08 bits per heavy atom. The van der Waals surface area contributed by atoms with Crippen molar-refractivity contribution >= 4 is 35.2 Å². The molecule has 2 aromatic rings. The van der Waals surface area contributed by atoms with Gasteiger partial charge < -0.3 is 14.8 Å². The smallest absolute Gasteiger partial charge is 0.416 e. The quantitative estimate of drug-likeness (QED) is 0.424. The summed E-state index contributed by atoms with van der Waals surface area (Å²) in [5.74, 6) is -2.49. The number of anilines is 1. The maximum atomic E-state index is 16.7. The van der Waals surface area contributed by atoms with Crippen LogP contribution >= 0.6 is 11.6 Å². The number of benzene rings is 2. The van der Waals surface area contributed by atoms with Crippen LogP contribution in [0.4, 0.5) is 28.0 Å². The van der Waals surface area contributed by atoms with Gasteiger partial charge in [-0.1, -0.05) is 17.7 Å². The topological polar surface area (TPSA) is 84.9 Å². The summed E-state index contributed by atoms with van der Waals surface area (Å²) in [4.78, 5) is 39.0. The number of fused-ring (bicyclic) bond motifs is 1. The highest BCUT2D eigenvalue weighted by atomic mass is 35.5. The molecule has 36 heavy (non-hydrogen) atoms. The molecule has 7 nitrogen and oxygen atoms in total. The second-order valence-electron chi connectivity index (χ2n) is 9.08. The maximum absolute atomic E-state index is 16.7. The standard InChI is InChI=1S/C24H23ClF4N2O5/c1-12(19(32)36-22(2,3)4)30-21(34)31-17-10-13(24(27,28)29)6-8-15(17)23(26,20(31)33)16-11-14(25)7-9-18(16)35-5/h6-12H,1-5H3,(H,30,34)/t12-,23-/m0/s1. The minimum Gasteiger partial charge on any atom is -0.496 e. The van der Waals surface area contributed by atoms with E-state index in [1.807, 2.05) is 0 Å². The Balaban J connectivity index is 2.13. The fraction of sp³-hybridized carbons (Fsp3) is 0.375. The van der Waals surface area contributed by atoms with Gasteiger partial charge in [-0.25, -0.2) is 18.9 Å². The van der Waals surface area contributed by atoms with Gasteiger partial charge >= 0.3 is 18.2 Å². The van der Waals surface area contributed by atoms with E-state index in [-0.39, 0.29) is 15.7 Å². The van der Waals surface area contributed by atoms with Crippen molar-refractivity contribution in [1.29, 1.82) is 0 Å². The Labute approximate surface area is 209 Å². The first-order valence-corrected chi connectivity index (χ1v) is 11.0. The minimum absolute atomic E-state index is 0.0190. The lowest BCUT2D eigenvalue weighted by atomic mass is 9.88. The summed E-state index contributed by atoms with van der Waals surface area (Å²) >= 11 is 6.00. The lowest BCUT2D eigenvalue weighted by molar-refractivity contribution is -0.156. The fourth-order valence-electron chi connectivity index (χ4n) is 3.67. The molecule has 0 saturated carbocycles. The number of imide groups is 1. The summed E-state index contributed by atoms with van der Waals surface area (Å²) in [6, 6.07) is 2.97. The molecule has 0 saturated heterocycles. The molecule has 2 atom stereocenters. The number of nitrogens with zero attached hydrogens (tertiary/aromatic N) is 1. The summed E-state index contributed by atoms with van der Waals surface area (Å²) in [7, 11) is 1.20. The zero-order valence-electron chi connectivity index (χ0n) is 19.9. The van der Waals surface area contributed by atoms with Gasteiger partial charge in [-0.15, -0.1) is 0 Å². The number of hydrogen-bond acceptors (Lipinski definition) is 5. The first kappa shape index (κ1) is 27.3. The average molecular weight is 531 g/mol. The number of alkyl halides is 4. The second kappa shape index (κ2) is 9.27. The van der Waals surface area contributed by atoms with Gasteiger partial charge in [0.25, 0.3) is 5.91 Å². The molecule has 0 fully saturated rings. The van der Waals surface area contributed by atoms with Crippen molar-refractivity contribution in [1.82, 2.24) is 5.32 Å². The molecule has 0 radical (unpaired) electrons. The van der Waals surface area contributed by atoms with Gasteiger partial charge in [0.1, 0.15) is 17.4 Å². The van der Waals surface area contributed by atoms with Crippen molar-refractivity contribution in [2.75, 3.05) is 12.0 Å². The number of carbonyl (C=O) groups excluding carboxylic acids is 3. The Bertz CT molecular complexity index is 1230. The summed E-state index contributed by atoms with van der Waals surface area (Å²) in [5.41, 5.74) is -6.81. The molecule has 0 aromatic heterocycles. The molecule has 3 amide bonds. The van der Waals surface area contributed by atoms with Crippen molar-refractivity contribution in [2.45, 2.75) is 51.2 Å². The summed E-state index contributed by atoms with van der Waals surface area (Å²) in [6.07, 6.45) is -4.85. The van der Waals surface area contributed by atoms with Crippen molar-refractivity contribution in [3.8, 4) is 5.75 Å². The number of urea groups is 1. The Hall–Kier alpha value is -3.34. The van der Waals surface area contributed by atoms with Crippen LogP contribution in [0, 0.1) is 0 Å². The average Bonchev–Trinajstić information content (AvgIpc) is 2.99. The van der Waals surface area contributed by atoms with E-state index in [1.165, 1.54) is 26.2 Å². The Morgan fingerprint density at radius 3 is 2.28 bits per heavy atom. The monoisotopic (exact) mass is 530 g/mol. The van der Waals surface area contributed by atoms with Crippen molar-refractivity contribution in [3.05, 3.63) is 58.1 Å². The lowest BCUT2D eigenvalue weighted by Crippen LogP contribution is -2.51. The number of methoxy groups -OCH3 is 1. The molecular formula is C24H23ClF4N2O5. The van der Waals surface area contributed by atoms with Crippen LogP contribution in [0.15, 0.2) is 36.4 Å². The van der Waals surface area contributed by atoms with E-state index in [2.05, 4.69) is 5.32 Å². The van der Waals surface area contributed by atoms with Crippen LogP contribution in [0.3, 0.4) is 0 Å². The first-order valence-electron chi connectivity index (χ1n) is 10.6. The molecule has 1 aliphatic rings. The maximum Gasteiger partial charge on any atom is 0.416 e. The first-order chi connectivity index (χ1) is 16.5. The molecular weight excluding hydrogens is 508 g/mol. The lowest BCUT2D eigenvalue weighted by Gasteiger charge is -2.25. The van der Waals surface area contributed by atoms with Crippen LogP contribution in [-0.2, 0) is 26.2 Å². The van der Waals surface area contributed by atoms with E-state index in [0.717, 1.165) is 12.1 Å². The second-order valence-corrected chi connectivity index (χ2v) is 9.51. The number of hydrogen-bond donors (Lipinski definition) is 1. The van der Waals surface area contributed by atoms with Crippen molar-refractivity contribution < 1.29 is 41.4 Å². The molecule has 0 bridgehead atoms. The number of nitrogens with one attached hydrogen (secondary N) is 1. The van der Waals surface area contributed by atoms with Gasteiger partial charge in [-0.3, -0.25) is 4.79 Å². The number of esters is 1. The third kappa shape index (κ3) is 4.97. The van der Waals surface area contributed by atoms with Gasteiger partial charge in [0.15, 0.2) is 0 Å². The van der Waals surface area contributed by atoms with Gasteiger partial charge in [0.05, 0.1) is 18.4 Å². The molecule has 12 heteroatoms. The molecule has 1 heterocycles. The molecule has 0 aliphatic carbocycles. The van der Waals surface area contributed by atoms with Crippen LogP contribution in [0.2, 0.25) is 5.02 Å². The van der Waals surface area contributed by atoms with Crippen molar-refractivity contribution in [3.63, 3.8) is 0 Å². The molecule has 194 valence electrons. The number of halogens is 5. The van der Waals surface area contributed by atoms with Crippen LogP contribution in [0.5, 0.6) is 5.75 Å². The highest BCUT2D eigenvalue weighted by molar-refractivity contribution is 6.31. The molecule has 3 rings (SSSR count). The highest BCUT2D eigenvalue weighted by Gasteiger charge is 2.57. The molecule has 1 aliphatic heterocycles. The number of ether oxygens (including phenoxy) is 2. The van der Waals surface area contributed by atoms with Crippen LogP contribution in [-0.4, -0.2) is 36.7 Å². The third-order valence-electron chi connectivity index (χ3n) is 5.27. The van der Waals surface area contributed by atoms with Gasteiger partial charge in [-0.05, 0) is 58.0 Å². The van der Waals surface area contributed by atoms with Crippen LogP contribution in [0.1, 0.15) is 44.4 Å². The van der Waals surface area contributed by atoms with E-state index in [4.69, 9.17) is 21.1 Å². The minimum atomic E-state index is -4.85. The number of amides is 3. The van der Waals surface area contributed by atoms with Gasteiger partial charge in [0, 0.05) is 16.1 Å². The molecule has 1 N–H and O–H groups in total. The van der Waals surface area contributed by atoms with Crippen LogP contribution in [0.25, 0.3) is 0 Å². The van der Waals surface area contributed by atoms with Gasteiger partial charge in [0.2, 0.25) is 5.67 Å². The van der Waals surface area contributed by atoms with Crippen LogP contribution < -0.4 is 15.0 Å². The summed E-state index contributed by atoms with van der Waals surface area (Å²) in [6.45, 7) is 6.03. The predicted octanol–water partition coefficient (Wildman–Crippen LogP) is 5.37. The van der Waals surface area contributed by atoms with Crippen molar-refractivity contribution in [2.24, 2.45) is 0 Å². The van der Waals surface area contributed by atoms with E-state index >= 15 is 4.39 Å². The molecule has 0 unspecified atom stereocenters. The Kier molecular flexibility index (Phi) is 7.02. The fourth-order valence-corrected chi connectivity index (χ4v) is 3.85. The molecule has 2 aromatic carbocycles. The zero-order chi connectivity index (χ0) is 27.2. The summed E-state index contributed by atoms with van der Waals surface area (Å²) in [5, 5.41) is 2.21. The highest BCUT2D eigenvalue weighted by Crippen LogP contribution is 2.51. The third-order valence-corrected chi connectivity index (χ3v) is 5.51. The SMILES string of the molecule is COc1ccc(Cl)cc1[C@]1(F)C(=O)N(C(=O)N[C@@H](C)C(=O)OC(C)(C)C)c2cc(C(F)(F)F)ccc21. The zero-order valence-corrected chi connectivity index (χ0v) is 20.7. The number of rotatable bonds is 4. The normalized spacial score (nSPS) is 18.5. The van der Waals surface area contributed by atoms with E-state index in [9.17, 15) is 27.6 Å².